The quantitative estimate of drug-likeness (QED) is 0.789. The summed E-state index contributed by atoms with van der Waals surface area (Å²) in [5, 5.41) is 8.85. The zero-order valence-electron chi connectivity index (χ0n) is 10.6. The van der Waals surface area contributed by atoms with Gasteiger partial charge in [0.05, 0.1) is 6.42 Å². The van der Waals surface area contributed by atoms with E-state index < -0.39 is 5.97 Å². The second-order valence-corrected chi connectivity index (χ2v) is 4.43. The lowest BCUT2D eigenvalue weighted by Crippen LogP contribution is -2.20. The Balaban J connectivity index is 2.65. The maximum Gasteiger partial charge on any atom is 0.307 e. The fourth-order valence-corrected chi connectivity index (χ4v) is 1.85. The molecule has 0 aliphatic heterocycles. The molecule has 0 radical (unpaired) electrons. The molecule has 0 amide bonds. The van der Waals surface area contributed by atoms with Gasteiger partial charge in [0, 0.05) is 6.54 Å². The van der Waals surface area contributed by atoms with E-state index in [1.54, 1.807) is 0 Å². The molecule has 0 saturated carbocycles. The number of carbonyl (C=O) groups is 1. The third kappa shape index (κ3) is 5.00. The highest BCUT2D eigenvalue weighted by Gasteiger charge is 2.07. The predicted molar refractivity (Wildman–Crippen MR) is 69.0 cm³/mol. The molecule has 0 unspecified atom stereocenters. The highest BCUT2D eigenvalue weighted by Crippen LogP contribution is 2.12. The smallest absolute Gasteiger partial charge is 0.307 e. The number of nitrogens with zero attached hydrogens (tertiary/aromatic N) is 1. The number of carboxylic acids is 1. The highest BCUT2D eigenvalue weighted by molar-refractivity contribution is 5.70. The van der Waals surface area contributed by atoms with Gasteiger partial charge in [-0.15, -0.1) is 0 Å². The van der Waals surface area contributed by atoms with Crippen LogP contribution >= 0.6 is 0 Å². The van der Waals surface area contributed by atoms with Crippen LogP contribution in [0.15, 0.2) is 24.3 Å². The molecule has 3 nitrogen and oxygen atoms in total. The van der Waals surface area contributed by atoms with E-state index in [0.29, 0.717) is 0 Å². The van der Waals surface area contributed by atoms with Crippen molar-refractivity contribution in [2.24, 2.45) is 0 Å². The molecule has 1 aromatic carbocycles. The van der Waals surface area contributed by atoms with Gasteiger partial charge < -0.3 is 10.0 Å². The van der Waals surface area contributed by atoms with Gasteiger partial charge in [-0.05, 0) is 31.1 Å². The molecule has 0 saturated heterocycles. The maximum atomic E-state index is 10.8. The maximum absolute atomic E-state index is 10.8. The van der Waals surface area contributed by atoms with E-state index >= 15 is 0 Å². The van der Waals surface area contributed by atoms with Crippen molar-refractivity contribution in [3.8, 4) is 0 Å². The Morgan fingerprint density at radius 2 is 1.94 bits per heavy atom. The summed E-state index contributed by atoms with van der Waals surface area (Å²) in [6.07, 6.45) is 2.47. The highest BCUT2D eigenvalue weighted by atomic mass is 16.4. The van der Waals surface area contributed by atoms with Crippen LogP contribution in [0.1, 0.15) is 30.9 Å². The van der Waals surface area contributed by atoms with Crippen molar-refractivity contribution in [3.05, 3.63) is 35.4 Å². The zero-order chi connectivity index (χ0) is 12.7. The van der Waals surface area contributed by atoms with E-state index in [4.69, 9.17) is 5.11 Å². The van der Waals surface area contributed by atoms with Crippen molar-refractivity contribution in [2.75, 3.05) is 13.6 Å². The minimum absolute atomic E-state index is 0.109. The van der Waals surface area contributed by atoms with Gasteiger partial charge >= 0.3 is 5.97 Å². The first-order chi connectivity index (χ1) is 8.13. The third-order valence-corrected chi connectivity index (χ3v) is 2.79. The molecule has 0 aliphatic rings. The van der Waals surface area contributed by atoms with E-state index in [1.165, 1.54) is 12.8 Å². The standard InChI is InChI=1S/C14H21NO2/c1-3-4-9-15(2)11-13-8-6-5-7-12(13)10-14(16)17/h5-8H,3-4,9-11H2,1-2H3,(H,16,17). The lowest BCUT2D eigenvalue weighted by molar-refractivity contribution is -0.136. The van der Waals surface area contributed by atoms with Crippen molar-refractivity contribution in [2.45, 2.75) is 32.7 Å². The molecule has 0 bridgehead atoms. The van der Waals surface area contributed by atoms with Crippen LogP contribution < -0.4 is 0 Å². The Morgan fingerprint density at radius 1 is 1.29 bits per heavy atom. The number of rotatable bonds is 7. The van der Waals surface area contributed by atoms with Crippen LogP contribution in [0.4, 0.5) is 0 Å². The average Bonchev–Trinajstić information content (AvgIpc) is 2.28. The Labute approximate surface area is 103 Å². The van der Waals surface area contributed by atoms with Gasteiger partial charge in [-0.1, -0.05) is 37.6 Å². The summed E-state index contributed by atoms with van der Waals surface area (Å²) in [6.45, 7) is 4.05. The first kappa shape index (κ1) is 13.7. The minimum atomic E-state index is -0.770. The van der Waals surface area contributed by atoms with Gasteiger partial charge in [0.1, 0.15) is 0 Å². The van der Waals surface area contributed by atoms with Gasteiger partial charge in [0.2, 0.25) is 0 Å². The second-order valence-electron chi connectivity index (χ2n) is 4.43. The molecule has 1 N–H and O–H groups in total. The molecular formula is C14H21NO2. The number of aliphatic carboxylic acids is 1. The number of hydrogen-bond acceptors (Lipinski definition) is 2. The molecule has 0 spiro atoms. The molecule has 0 atom stereocenters. The lowest BCUT2D eigenvalue weighted by atomic mass is 10.0. The summed E-state index contributed by atoms with van der Waals surface area (Å²) < 4.78 is 0. The fraction of sp³-hybridized carbons (Fsp3) is 0.500. The molecule has 0 aliphatic carbocycles. The van der Waals surface area contributed by atoms with Gasteiger partial charge in [-0.3, -0.25) is 4.79 Å². The first-order valence-electron chi connectivity index (χ1n) is 6.10. The van der Waals surface area contributed by atoms with E-state index in [0.717, 1.165) is 24.2 Å². The average molecular weight is 235 g/mol. The third-order valence-electron chi connectivity index (χ3n) is 2.79. The largest absolute Gasteiger partial charge is 0.481 e. The summed E-state index contributed by atoms with van der Waals surface area (Å²) in [6, 6.07) is 7.78. The molecule has 0 aromatic heterocycles. The minimum Gasteiger partial charge on any atom is -0.481 e. The molecule has 0 heterocycles. The molecule has 3 heteroatoms. The van der Waals surface area contributed by atoms with Crippen LogP contribution in [0.3, 0.4) is 0 Å². The van der Waals surface area contributed by atoms with Gasteiger partial charge in [0.25, 0.3) is 0 Å². The Morgan fingerprint density at radius 3 is 2.53 bits per heavy atom. The molecule has 1 rings (SSSR count). The SMILES string of the molecule is CCCCN(C)Cc1ccccc1CC(=O)O. The van der Waals surface area contributed by atoms with Crippen molar-refractivity contribution in [1.82, 2.24) is 4.90 Å². The monoisotopic (exact) mass is 235 g/mol. The van der Waals surface area contributed by atoms with Crippen LogP contribution in [0, 0.1) is 0 Å². The van der Waals surface area contributed by atoms with Crippen LogP contribution in [-0.2, 0) is 17.8 Å². The van der Waals surface area contributed by atoms with E-state index in [1.807, 2.05) is 24.3 Å². The second kappa shape index (κ2) is 7.07. The van der Waals surface area contributed by atoms with E-state index in [9.17, 15) is 4.79 Å². The lowest BCUT2D eigenvalue weighted by Gasteiger charge is -2.18. The number of unbranched alkanes of at least 4 members (excludes halogenated alkanes) is 1. The van der Waals surface area contributed by atoms with Gasteiger partial charge in [-0.25, -0.2) is 0 Å². The van der Waals surface area contributed by atoms with Crippen LogP contribution in [0.5, 0.6) is 0 Å². The van der Waals surface area contributed by atoms with Crippen LogP contribution in [0.25, 0.3) is 0 Å². The fourth-order valence-electron chi connectivity index (χ4n) is 1.85. The molecule has 0 fully saturated rings. The number of carboxylic acid groups (broad SMARTS) is 1. The van der Waals surface area contributed by atoms with Crippen LogP contribution in [-0.4, -0.2) is 29.6 Å². The van der Waals surface area contributed by atoms with Crippen LogP contribution in [0.2, 0.25) is 0 Å². The van der Waals surface area contributed by atoms with E-state index in [2.05, 4.69) is 18.9 Å². The molecule has 1 aromatic rings. The molecular weight excluding hydrogens is 214 g/mol. The summed E-state index contributed by atoms with van der Waals surface area (Å²) in [4.78, 5) is 13.0. The Kier molecular flexibility index (Phi) is 5.70. The first-order valence-corrected chi connectivity index (χ1v) is 6.10. The van der Waals surface area contributed by atoms with Crippen molar-refractivity contribution in [3.63, 3.8) is 0 Å². The van der Waals surface area contributed by atoms with Crippen molar-refractivity contribution in [1.29, 1.82) is 0 Å². The van der Waals surface area contributed by atoms with Crippen molar-refractivity contribution < 1.29 is 9.90 Å². The topological polar surface area (TPSA) is 40.5 Å². The number of hydrogen-bond donors (Lipinski definition) is 1. The Hall–Kier alpha value is -1.35. The van der Waals surface area contributed by atoms with Gasteiger partial charge in [0.15, 0.2) is 0 Å². The summed E-state index contributed by atoms with van der Waals surface area (Å²) in [5.41, 5.74) is 2.04. The van der Waals surface area contributed by atoms with Gasteiger partial charge in [-0.2, -0.15) is 0 Å². The normalized spacial score (nSPS) is 10.8. The van der Waals surface area contributed by atoms with E-state index in [-0.39, 0.29) is 6.42 Å². The molecule has 17 heavy (non-hydrogen) atoms. The number of benzene rings is 1. The molecule has 94 valence electrons. The summed E-state index contributed by atoms with van der Waals surface area (Å²) in [5.74, 6) is -0.770. The zero-order valence-corrected chi connectivity index (χ0v) is 10.6. The summed E-state index contributed by atoms with van der Waals surface area (Å²) in [7, 11) is 2.08. The summed E-state index contributed by atoms with van der Waals surface area (Å²) >= 11 is 0. The Bertz CT molecular complexity index is 363. The predicted octanol–water partition coefficient (Wildman–Crippen LogP) is 2.55. The van der Waals surface area contributed by atoms with Crippen molar-refractivity contribution >= 4 is 5.97 Å².